The van der Waals surface area contributed by atoms with Gasteiger partial charge in [0.25, 0.3) is 0 Å². The fourth-order valence-corrected chi connectivity index (χ4v) is 1.51. The summed E-state index contributed by atoms with van der Waals surface area (Å²) in [6.07, 6.45) is -2.84. The van der Waals surface area contributed by atoms with Crippen LogP contribution in [0.15, 0.2) is 23.1 Å². The SMILES string of the molecule is CC.CSc1cc(C(N)=O)cc(C(F)(F)F)c1. The summed E-state index contributed by atoms with van der Waals surface area (Å²) >= 11 is 1.12. The van der Waals surface area contributed by atoms with Gasteiger partial charge in [0.1, 0.15) is 0 Å². The number of primary amides is 1. The van der Waals surface area contributed by atoms with Gasteiger partial charge in [-0.25, -0.2) is 0 Å². The number of alkyl halides is 3. The van der Waals surface area contributed by atoms with Gasteiger partial charge in [-0.3, -0.25) is 4.79 Å². The quantitative estimate of drug-likeness (QED) is 0.831. The van der Waals surface area contributed by atoms with Gasteiger partial charge in [0.15, 0.2) is 0 Å². The Morgan fingerprint density at radius 3 is 2.12 bits per heavy atom. The standard InChI is InChI=1S/C9H8F3NOS.C2H6/c1-15-7-3-5(8(13)14)2-6(4-7)9(10,11)12;1-2/h2-4H,1H3,(H2,13,14);1-2H3. The second-order valence-electron chi connectivity index (χ2n) is 2.81. The first kappa shape index (κ1) is 15.8. The molecular formula is C11H14F3NOS. The van der Waals surface area contributed by atoms with Crippen molar-refractivity contribution >= 4 is 17.7 Å². The Labute approximate surface area is 102 Å². The largest absolute Gasteiger partial charge is 0.416 e. The Morgan fingerprint density at radius 2 is 1.76 bits per heavy atom. The number of rotatable bonds is 2. The summed E-state index contributed by atoms with van der Waals surface area (Å²) < 4.78 is 37.2. The molecule has 0 saturated heterocycles. The molecule has 0 aliphatic carbocycles. The number of carbonyl (C=O) groups excluding carboxylic acids is 1. The molecule has 0 fully saturated rings. The van der Waals surface area contributed by atoms with E-state index in [1.807, 2.05) is 13.8 Å². The van der Waals surface area contributed by atoms with Crippen LogP contribution >= 0.6 is 11.8 Å². The van der Waals surface area contributed by atoms with Gasteiger partial charge in [-0.2, -0.15) is 13.2 Å². The van der Waals surface area contributed by atoms with Gasteiger partial charge in [-0.05, 0) is 24.5 Å². The molecule has 2 nitrogen and oxygen atoms in total. The number of amides is 1. The molecule has 0 radical (unpaired) electrons. The smallest absolute Gasteiger partial charge is 0.366 e. The van der Waals surface area contributed by atoms with E-state index < -0.39 is 17.6 Å². The minimum absolute atomic E-state index is 0.130. The second-order valence-corrected chi connectivity index (χ2v) is 3.69. The fourth-order valence-electron chi connectivity index (χ4n) is 1.02. The maximum Gasteiger partial charge on any atom is 0.416 e. The molecule has 17 heavy (non-hydrogen) atoms. The molecule has 2 N–H and O–H groups in total. The monoisotopic (exact) mass is 265 g/mol. The number of hydrogen-bond donors (Lipinski definition) is 1. The van der Waals surface area contributed by atoms with E-state index in [0.29, 0.717) is 4.90 Å². The van der Waals surface area contributed by atoms with Crippen molar-refractivity contribution < 1.29 is 18.0 Å². The van der Waals surface area contributed by atoms with Crippen molar-refractivity contribution in [2.75, 3.05) is 6.26 Å². The minimum Gasteiger partial charge on any atom is -0.366 e. The molecular weight excluding hydrogens is 251 g/mol. The fraction of sp³-hybridized carbons (Fsp3) is 0.364. The summed E-state index contributed by atoms with van der Waals surface area (Å²) in [6, 6.07) is 3.07. The van der Waals surface area contributed by atoms with E-state index >= 15 is 0 Å². The van der Waals surface area contributed by atoms with E-state index in [0.717, 1.165) is 23.9 Å². The third kappa shape index (κ3) is 4.68. The Bertz CT molecular complexity index is 391. The molecule has 0 aliphatic rings. The number of hydrogen-bond acceptors (Lipinski definition) is 2. The highest BCUT2D eigenvalue weighted by Crippen LogP contribution is 2.32. The Kier molecular flexibility index (Phi) is 6.09. The average molecular weight is 265 g/mol. The molecule has 6 heteroatoms. The van der Waals surface area contributed by atoms with E-state index in [1.54, 1.807) is 6.26 Å². The van der Waals surface area contributed by atoms with Crippen LogP contribution in [0.5, 0.6) is 0 Å². The zero-order valence-corrected chi connectivity index (χ0v) is 10.6. The third-order valence-electron chi connectivity index (χ3n) is 1.75. The average Bonchev–Trinajstić information content (AvgIpc) is 2.29. The second kappa shape index (κ2) is 6.54. The molecule has 96 valence electrons. The highest BCUT2D eigenvalue weighted by molar-refractivity contribution is 7.98. The summed E-state index contributed by atoms with van der Waals surface area (Å²) in [4.78, 5) is 11.2. The van der Waals surface area contributed by atoms with E-state index in [1.165, 1.54) is 6.07 Å². The summed E-state index contributed by atoms with van der Waals surface area (Å²) in [6.45, 7) is 4.00. The number of benzene rings is 1. The summed E-state index contributed by atoms with van der Waals surface area (Å²) in [5, 5.41) is 0. The normalized spacial score (nSPS) is 10.5. The van der Waals surface area contributed by atoms with E-state index in [2.05, 4.69) is 0 Å². The summed E-state index contributed by atoms with van der Waals surface area (Å²) in [7, 11) is 0. The first-order chi connectivity index (χ1) is 7.84. The van der Waals surface area contributed by atoms with Gasteiger partial charge < -0.3 is 5.73 Å². The molecule has 1 aromatic carbocycles. The van der Waals surface area contributed by atoms with E-state index in [9.17, 15) is 18.0 Å². The molecule has 0 heterocycles. The van der Waals surface area contributed by atoms with Gasteiger partial charge in [0.05, 0.1) is 5.56 Å². The van der Waals surface area contributed by atoms with Crippen molar-refractivity contribution in [2.24, 2.45) is 5.73 Å². The molecule has 0 saturated carbocycles. The molecule has 0 unspecified atom stereocenters. The van der Waals surface area contributed by atoms with Crippen LogP contribution in [0.3, 0.4) is 0 Å². The van der Waals surface area contributed by atoms with Crippen LogP contribution in [-0.4, -0.2) is 12.2 Å². The number of nitrogens with two attached hydrogens (primary N) is 1. The van der Waals surface area contributed by atoms with Crippen LogP contribution < -0.4 is 5.73 Å². The van der Waals surface area contributed by atoms with Crippen molar-refractivity contribution in [2.45, 2.75) is 24.9 Å². The zero-order chi connectivity index (χ0) is 13.6. The molecule has 0 atom stereocenters. The van der Waals surface area contributed by atoms with Crippen molar-refractivity contribution in [3.63, 3.8) is 0 Å². The molecule has 0 spiro atoms. The van der Waals surface area contributed by atoms with Crippen LogP contribution in [0.4, 0.5) is 13.2 Å². The van der Waals surface area contributed by atoms with Gasteiger partial charge in [-0.1, -0.05) is 13.8 Å². The highest BCUT2D eigenvalue weighted by atomic mass is 32.2. The minimum atomic E-state index is -4.46. The van der Waals surface area contributed by atoms with Crippen LogP contribution in [-0.2, 0) is 6.18 Å². The first-order valence-corrected chi connectivity index (χ1v) is 6.13. The molecule has 1 rings (SSSR count). The Morgan fingerprint density at radius 1 is 1.24 bits per heavy atom. The lowest BCUT2D eigenvalue weighted by molar-refractivity contribution is -0.137. The van der Waals surface area contributed by atoms with Crippen molar-refractivity contribution in [3.8, 4) is 0 Å². The maximum absolute atomic E-state index is 12.4. The maximum atomic E-state index is 12.4. The van der Waals surface area contributed by atoms with E-state index in [4.69, 9.17) is 5.73 Å². The lowest BCUT2D eigenvalue weighted by atomic mass is 10.1. The van der Waals surface area contributed by atoms with Crippen molar-refractivity contribution in [1.29, 1.82) is 0 Å². The topological polar surface area (TPSA) is 43.1 Å². The summed E-state index contributed by atoms with van der Waals surface area (Å²) in [5.41, 5.74) is 3.95. The lowest BCUT2D eigenvalue weighted by Crippen LogP contribution is -2.13. The molecule has 0 aromatic heterocycles. The van der Waals surface area contributed by atoms with Gasteiger partial charge in [0.2, 0.25) is 5.91 Å². The van der Waals surface area contributed by atoms with Gasteiger partial charge in [0, 0.05) is 10.5 Å². The number of carbonyl (C=O) groups is 1. The van der Waals surface area contributed by atoms with Crippen molar-refractivity contribution in [1.82, 2.24) is 0 Å². The summed E-state index contributed by atoms with van der Waals surface area (Å²) in [5.74, 6) is -0.864. The molecule has 1 amide bonds. The first-order valence-electron chi connectivity index (χ1n) is 4.90. The van der Waals surface area contributed by atoms with Crippen LogP contribution in [0, 0.1) is 0 Å². The van der Waals surface area contributed by atoms with Crippen LogP contribution in [0.25, 0.3) is 0 Å². The highest BCUT2D eigenvalue weighted by Gasteiger charge is 2.31. The van der Waals surface area contributed by atoms with Gasteiger partial charge >= 0.3 is 6.18 Å². The number of halogens is 3. The molecule has 1 aromatic rings. The van der Waals surface area contributed by atoms with Crippen molar-refractivity contribution in [3.05, 3.63) is 29.3 Å². The Hall–Kier alpha value is -1.17. The third-order valence-corrected chi connectivity index (χ3v) is 2.46. The van der Waals surface area contributed by atoms with Gasteiger partial charge in [-0.15, -0.1) is 11.8 Å². The Balaban J connectivity index is 0.00000121. The predicted octanol–water partition coefficient (Wildman–Crippen LogP) is 3.55. The van der Waals surface area contributed by atoms with E-state index in [-0.39, 0.29) is 5.56 Å². The number of thioether (sulfide) groups is 1. The molecule has 0 bridgehead atoms. The van der Waals surface area contributed by atoms with Crippen LogP contribution in [0.2, 0.25) is 0 Å². The predicted molar refractivity (Wildman–Crippen MR) is 63.1 cm³/mol. The lowest BCUT2D eigenvalue weighted by Gasteiger charge is -2.09. The molecule has 0 aliphatic heterocycles. The zero-order valence-electron chi connectivity index (χ0n) is 9.76. The van der Waals surface area contributed by atoms with Crippen LogP contribution in [0.1, 0.15) is 29.8 Å².